The average molecular weight is 1070 g/mol. The molecule has 1 saturated heterocycles. The molecule has 2 saturated carbocycles. The predicted octanol–water partition coefficient (Wildman–Crippen LogP) is 6.52. The lowest BCUT2D eigenvalue weighted by molar-refractivity contribution is -0.541. The number of ketones is 2. The van der Waals surface area contributed by atoms with Crippen LogP contribution in [0, 0.1) is 0 Å². The number of halogens is 7. The van der Waals surface area contributed by atoms with Crippen molar-refractivity contribution in [2.75, 3.05) is 40.8 Å². The van der Waals surface area contributed by atoms with E-state index >= 15 is 0 Å². The molecule has 10 nitrogen and oxygen atoms in total. The minimum Gasteiger partial charge on any atom is -0.460 e. The largest absolute Gasteiger partial charge is 0.460 e. The Morgan fingerprint density at radius 3 is 1.51 bits per heavy atom. The van der Waals surface area contributed by atoms with Gasteiger partial charge in [0, 0.05) is 56.0 Å². The molecule has 2 aromatic rings. The summed E-state index contributed by atoms with van der Waals surface area (Å²) in [6.45, 7) is 12.6. The van der Waals surface area contributed by atoms with Crippen molar-refractivity contribution >= 4 is 94.6 Å². The van der Waals surface area contributed by atoms with E-state index < -0.39 is 48.8 Å². The van der Waals surface area contributed by atoms with Crippen LogP contribution in [-0.2, 0) is 81.6 Å². The smallest absolute Gasteiger partial charge is 0.456 e. The molecule has 0 radical (unpaired) electrons. The van der Waals surface area contributed by atoms with E-state index in [-0.39, 0.29) is 29.8 Å². The fraction of sp³-hybridized carbons (Fsp3) is 0.583. The number of aliphatic hydroxyl groups excluding tert-OH is 1. The first-order valence-corrected chi connectivity index (χ1v) is 30.0. The third kappa shape index (κ3) is 15.4. The van der Waals surface area contributed by atoms with Crippen molar-refractivity contribution in [2.45, 2.75) is 140 Å². The maximum atomic E-state index is 13.5. The molecular weight excluding hydrogens is 1010 g/mol. The SMILES string of the molecule is C=c1cc(CC)c(=C2C(=O)C3(CCC(OC)CC3)[NH+]=C2O)c(CC)c1.C=c1cc(CC)c(=C2C(=O)NC3(CCC(OC)CC3)C2=[O+]P(C)(=S)OCC(F)(F)F)c(CC)c1.CP(=S)(Cl)OCC(F)(F)F. The zero-order valence-corrected chi connectivity index (χ0v) is 44.6. The summed E-state index contributed by atoms with van der Waals surface area (Å²) in [4.78, 5) is 30.0. The summed E-state index contributed by atoms with van der Waals surface area (Å²) in [7, 11) is 3.36. The van der Waals surface area contributed by atoms with E-state index in [2.05, 4.69) is 53.6 Å². The second-order valence-electron chi connectivity index (χ2n) is 17.7. The number of Topliss-reactive ketones (excluding diaryl/α,β-unsaturated/α-hetero) is 1. The number of ether oxygens (including phenoxy) is 2. The lowest BCUT2D eigenvalue weighted by Crippen LogP contribution is -2.86. The Hall–Kier alpha value is -2.79. The minimum atomic E-state index is -4.53. The monoisotopic (exact) mass is 1070 g/mol. The van der Waals surface area contributed by atoms with Gasteiger partial charge < -0.3 is 24.4 Å². The molecule has 2 heterocycles. The first-order valence-electron chi connectivity index (χ1n) is 22.8. The van der Waals surface area contributed by atoms with E-state index in [9.17, 15) is 41.0 Å². The van der Waals surface area contributed by atoms with Crippen LogP contribution in [-0.4, -0.2) is 105 Å². The van der Waals surface area contributed by atoms with Crippen molar-refractivity contribution < 1.29 is 68.8 Å². The van der Waals surface area contributed by atoms with Crippen LogP contribution in [0.4, 0.5) is 26.3 Å². The van der Waals surface area contributed by atoms with Gasteiger partial charge in [0.2, 0.25) is 11.3 Å². The number of hydrogen-bond donors (Lipinski definition) is 3. The van der Waals surface area contributed by atoms with E-state index in [4.69, 9.17) is 41.3 Å². The summed E-state index contributed by atoms with van der Waals surface area (Å²) in [5.74, 6) is 0.0574. The van der Waals surface area contributed by atoms with E-state index in [0.29, 0.717) is 68.3 Å². The van der Waals surface area contributed by atoms with Crippen molar-refractivity contribution in [3.63, 3.8) is 0 Å². The van der Waals surface area contributed by atoms with Crippen molar-refractivity contribution in [3.05, 3.63) is 67.4 Å². The fourth-order valence-corrected chi connectivity index (χ4v) is 11.4. The van der Waals surface area contributed by atoms with Crippen molar-refractivity contribution in [3.8, 4) is 0 Å². The number of amides is 1. The number of nitrogens with one attached hydrogen (secondary N) is 2. The Kier molecular flexibility index (Phi) is 20.3. The number of benzene rings is 2. The van der Waals surface area contributed by atoms with E-state index in [0.717, 1.165) is 68.8 Å². The van der Waals surface area contributed by atoms with Crippen LogP contribution in [0.2, 0.25) is 0 Å². The van der Waals surface area contributed by atoms with Crippen LogP contribution in [0.5, 0.6) is 0 Å². The topological polar surface area (TPSA) is 129 Å². The van der Waals surface area contributed by atoms with Gasteiger partial charge in [-0.3, -0.25) is 14.1 Å². The highest BCUT2D eigenvalue weighted by Gasteiger charge is 2.59. The number of aliphatic hydroxyl groups is 1. The van der Waals surface area contributed by atoms with Crippen LogP contribution < -0.4 is 31.2 Å². The van der Waals surface area contributed by atoms with Gasteiger partial charge in [-0.15, -0.1) is 0 Å². The van der Waals surface area contributed by atoms with Gasteiger partial charge in [-0.2, -0.15) is 31.3 Å². The van der Waals surface area contributed by atoms with Crippen molar-refractivity contribution in [2.24, 2.45) is 0 Å². The van der Waals surface area contributed by atoms with Crippen LogP contribution in [0.15, 0.2) is 24.3 Å². The molecule has 69 heavy (non-hydrogen) atoms. The molecule has 2 unspecified atom stereocenters. The van der Waals surface area contributed by atoms with E-state index in [1.54, 1.807) is 14.2 Å². The highest BCUT2D eigenvalue weighted by atomic mass is 35.7. The average Bonchev–Trinajstić information content (AvgIpc) is 3.66. The molecule has 3 fully saturated rings. The molecule has 21 heteroatoms. The highest BCUT2D eigenvalue weighted by molar-refractivity contribution is 8.24. The summed E-state index contributed by atoms with van der Waals surface area (Å²) in [6, 6.07) is 7.91. The molecule has 3 N–H and O–H groups in total. The highest BCUT2D eigenvalue weighted by Crippen LogP contribution is 2.49. The zero-order chi connectivity index (χ0) is 51.9. The maximum Gasteiger partial charge on any atom is 0.456 e. The predicted molar refractivity (Wildman–Crippen MR) is 268 cm³/mol. The summed E-state index contributed by atoms with van der Waals surface area (Å²) in [5, 5.41) is 17.2. The van der Waals surface area contributed by atoms with Crippen molar-refractivity contribution in [1.29, 1.82) is 0 Å². The molecule has 2 atom stereocenters. The standard InChI is InChI=1S/C24H31F3NO4PS.C21H27NO3.C3H5ClF3OPS/c1-6-16-12-15(3)13-17(7-2)19(16)20-21(32-33(5,34)31-14-24(25,26)27)23(28-22(20)29)10-8-18(30-4)9-11-23;1-5-14-11-13(3)12-15(6-2)17(14)18-19(23)21(22-20(18)24)9-7-16(25-4)8-10-21;1-9(4,10)8-2-3(5,6)7/h12-13,18H,3,6-11,14H2,1-2,4-5H3;11-12,16H,3,5-10H2,1-2,4H3,(H,22,24);2H2,1H3/p+2. The van der Waals surface area contributed by atoms with Gasteiger partial charge in [-0.1, -0.05) is 88.2 Å². The second kappa shape index (κ2) is 23.8. The summed E-state index contributed by atoms with van der Waals surface area (Å²) < 4.78 is 99.0. The van der Waals surface area contributed by atoms with Crippen LogP contribution >= 0.6 is 23.3 Å². The number of alkyl halides is 6. The molecule has 1 amide bonds. The minimum absolute atomic E-state index is 0.0285. The Morgan fingerprint density at radius 2 is 1.14 bits per heavy atom. The van der Waals surface area contributed by atoms with E-state index in [1.165, 1.54) is 13.3 Å². The molecule has 0 aromatic heterocycles. The molecule has 4 aliphatic rings. The van der Waals surface area contributed by atoms with Crippen LogP contribution in [0.25, 0.3) is 24.3 Å². The molecule has 2 aliphatic heterocycles. The molecule has 384 valence electrons. The lowest BCUT2D eigenvalue weighted by Gasteiger charge is -2.32. The normalized spacial score (nSPS) is 25.1. The molecule has 2 aliphatic carbocycles. The van der Waals surface area contributed by atoms with Gasteiger partial charge >= 0.3 is 30.5 Å². The number of aryl methyl sites for hydroxylation is 4. The Morgan fingerprint density at radius 1 is 0.754 bits per heavy atom. The Labute approximate surface area is 415 Å². The van der Waals surface area contributed by atoms with Gasteiger partial charge in [0.05, 0.1) is 18.9 Å². The van der Waals surface area contributed by atoms with Crippen molar-refractivity contribution in [1.82, 2.24) is 5.32 Å². The van der Waals surface area contributed by atoms with Gasteiger partial charge in [0.25, 0.3) is 5.91 Å². The summed E-state index contributed by atoms with van der Waals surface area (Å²) >= 11 is 15.0. The first kappa shape index (κ1) is 58.8. The quantitative estimate of drug-likeness (QED) is 0.131. The molecule has 2 aromatic carbocycles. The number of carbonyl (C=O) groups excluding carboxylic acids is 3. The van der Waals surface area contributed by atoms with Crippen LogP contribution in [0.1, 0.15) is 101 Å². The third-order valence-corrected chi connectivity index (χ3v) is 15.5. The summed E-state index contributed by atoms with van der Waals surface area (Å²) in [6.07, 6.45) is -0.285. The molecule has 0 bridgehead atoms. The molecular formula is C48H65ClF6N2O8P2S2+2. The third-order valence-electron chi connectivity index (χ3n) is 12.7. The van der Waals surface area contributed by atoms with Crippen LogP contribution in [0.3, 0.4) is 0 Å². The van der Waals surface area contributed by atoms with Gasteiger partial charge in [-0.25, -0.2) is 4.21 Å². The number of carbonyl (C=O) groups is 2. The zero-order valence-electron chi connectivity index (χ0n) is 40.4. The molecule has 2 spiro atoms. The number of rotatable bonds is 11. The Balaban J connectivity index is 0.000000258. The lowest BCUT2D eigenvalue weighted by atomic mass is 9.77. The first-order chi connectivity index (χ1) is 32.0. The Bertz CT molecular complexity index is 2560. The fourth-order valence-electron chi connectivity index (χ4n) is 9.32. The van der Waals surface area contributed by atoms with Gasteiger partial charge in [0.15, 0.2) is 12.1 Å². The number of hydrogen-bond acceptors (Lipinski definition) is 8. The maximum absolute atomic E-state index is 13.5. The molecule has 6 rings (SSSR count). The summed E-state index contributed by atoms with van der Waals surface area (Å²) in [5.41, 5.74) is 0.603. The van der Waals surface area contributed by atoms with E-state index in [1.807, 2.05) is 38.1 Å². The van der Waals surface area contributed by atoms with Gasteiger partial charge in [0.1, 0.15) is 23.4 Å². The number of methoxy groups -OCH3 is 2. The second-order valence-corrected chi connectivity index (χ2v) is 28.1. The van der Waals surface area contributed by atoms with Gasteiger partial charge in [-0.05, 0) is 96.9 Å².